The lowest BCUT2D eigenvalue weighted by Gasteiger charge is -2.32. The third kappa shape index (κ3) is 4.14. The van der Waals surface area contributed by atoms with E-state index in [1.807, 2.05) is 33.9 Å². The molecule has 34 heavy (non-hydrogen) atoms. The van der Waals surface area contributed by atoms with Gasteiger partial charge in [-0.2, -0.15) is 0 Å². The molecule has 1 aromatic carbocycles. The average Bonchev–Trinajstić information content (AvgIpc) is 3.51. The number of pyridine rings is 1. The fraction of sp³-hybridized carbons (Fsp3) is 0.360. The van der Waals surface area contributed by atoms with Gasteiger partial charge in [-0.1, -0.05) is 31.5 Å². The molecule has 3 aromatic rings. The molecule has 176 valence electrons. The van der Waals surface area contributed by atoms with Crippen molar-refractivity contribution in [1.29, 1.82) is 0 Å². The number of hydrogen-bond donors (Lipinski definition) is 0. The Labute approximate surface area is 203 Å². The molecule has 0 spiro atoms. The minimum atomic E-state index is -0.264. The Morgan fingerprint density at radius 2 is 2.12 bits per heavy atom. The predicted molar refractivity (Wildman–Crippen MR) is 128 cm³/mol. The SMILES string of the molecule is CC(C)c1nccn1-c1cccc([C@H]2CCCN2C(=O)CN2C(=O)COc3ccc(Cl)cc32)n1. The first-order valence-electron chi connectivity index (χ1n) is 11.4. The second-order valence-electron chi connectivity index (χ2n) is 8.86. The van der Waals surface area contributed by atoms with E-state index in [1.165, 1.54) is 4.90 Å². The van der Waals surface area contributed by atoms with Crippen LogP contribution in [0.3, 0.4) is 0 Å². The highest BCUT2D eigenvalue weighted by Crippen LogP contribution is 2.36. The van der Waals surface area contributed by atoms with E-state index >= 15 is 0 Å². The Morgan fingerprint density at radius 1 is 1.26 bits per heavy atom. The van der Waals surface area contributed by atoms with Crippen LogP contribution in [0.4, 0.5) is 5.69 Å². The molecule has 0 saturated carbocycles. The van der Waals surface area contributed by atoms with Crippen molar-refractivity contribution in [3.8, 4) is 11.6 Å². The van der Waals surface area contributed by atoms with Gasteiger partial charge in [0, 0.05) is 29.9 Å². The van der Waals surface area contributed by atoms with E-state index in [-0.39, 0.29) is 36.9 Å². The van der Waals surface area contributed by atoms with E-state index < -0.39 is 0 Å². The fourth-order valence-electron chi connectivity index (χ4n) is 4.64. The lowest BCUT2D eigenvalue weighted by Crippen LogP contribution is -2.46. The van der Waals surface area contributed by atoms with Crippen LogP contribution in [0, 0.1) is 0 Å². The minimum Gasteiger partial charge on any atom is -0.482 e. The molecule has 1 fully saturated rings. The van der Waals surface area contributed by atoms with Gasteiger partial charge in [-0.25, -0.2) is 9.97 Å². The normalized spacial score (nSPS) is 17.8. The zero-order valence-corrected chi connectivity index (χ0v) is 19.9. The van der Waals surface area contributed by atoms with Gasteiger partial charge in [0.25, 0.3) is 5.91 Å². The molecule has 2 aromatic heterocycles. The maximum absolute atomic E-state index is 13.4. The quantitative estimate of drug-likeness (QED) is 0.549. The molecule has 0 unspecified atom stereocenters. The number of carbonyl (C=O) groups is 2. The molecule has 0 bridgehead atoms. The lowest BCUT2D eigenvalue weighted by molar-refractivity contribution is -0.132. The van der Waals surface area contributed by atoms with Crippen molar-refractivity contribution < 1.29 is 14.3 Å². The van der Waals surface area contributed by atoms with E-state index in [0.29, 0.717) is 23.0 Å². The molecule has 2 aliphatic heterocycles. The van der Waals surface area contributed by atoms with Crippen molar-refractivity contribution in [2.75, 3.05) is 24.6 Å². The summed E-state index contributed by atoms with van der Waals surface area (Å²) in [6.45, 7) is 4.65. The molecule has 5 rings (SSSR count). The first kappa shape index (κ1) is 22.4. The second kappa shape index (κ2) is 9.10. The highest BCUT2D eigenvalue weighted by atomic mass is 35.5. The summed E-state index contributed by atoms with van der Waals surface area (Å²) in [5.41, 5.74) is 1.36. The van der Waals surface area contributed by atoms with Crippen LogP contribution in [-0.4, -0.2) is 50.9 Å². The van der Waals surface area contributed by atoms with Gasteiger partial charge in [-0.15, -0.1) is 0 Å². The van der Waals surface area contributed by atoms with Crippen LogP contribution in [0.2, 0.25) is 5.02 Å². The van der Waals surface area contributed by atoms with Crippen molar-refractivity contribution in [2.24, 2.45) is 0 Å². The average molecular weight is 480 g/mol. The standard InChI is InChI=1S/C25H26ClN5O3/c1-16(2)25-27-10-12-30(25)22-7-3-5-18(28-22)19-6-4-11-29(19)23(32)14-31-20-13-17(26)8-9-21(20)34-15-24(31)33/h3,5,7-10,12-13,16,19H,4,6,11,14-15H2,1-2H3/t19-/m1/s1. The lowest BCUT2D eigenvalue weighted by atomic mass is 10.1. The summed E-state index contributed by atoms with van der Waals surface area (Å²) in [5, 5.41) is 0.481. The molecular weight excluding hydrogens is 454 g/mol. The van der Waals surface area contributed by atoms with Gasteiger partial charge >= 0.3 is 0 Å². The molecule has 4 heterocycles. The fourth-order valence-corrected chi connectivity index (χ4v) is 4.81. The maximum atomic E-state index is 13.4. The van der Waals surface area contributed by atoms with Crippen LogP contribution in [0.15, 0.2) is 48.8 Å². The number of benzene rings is 1. The Balaban J connectivity index is 1.39. The minimum absolute atomic E-state index is 0.0647. The van der Waals surface area contributed by atoms with Crippen LogP contribution < -0.4 is 9.64 Å². The number of hydrogen-bond acceptors (Lipinski definition) is 5. The topological polar surface area (TPSA) is 80.6 Å². The summed E-state index contributed by atoms with van der Waals surface area (Å²) in [6, 6.07) is 10.8. The van der Waals surface area contributed by atoms with Crippen LogP contribution >= 0.6 is 11.6 Å². The number of imidazole rings is 1. The first-order chi connectivity index (χ1) is 16.4. The molecule has 0 N–H and O–H groups in total. The summed E-state index contributed by atoms with van der Waals surface area (Å²) >= 11 is 6.14. The third-order valence-electron chi connectivity index (χ3n) is 6.26. The van der Waals surface area contributed by atoms with Gasteiger partial charge in [0.1, 0.15) is 23.9 Å². The Hall–Kier alpha value is -3.39. The Bertz CT molecular complexity index is 1240. The van der Waals surface area contributed by atoms with Gasteiger partial charge in [0.2, 0.25) is 5.91 Å². The van der Waals surface area contributed by atoms with Crippen LogP contribution in [-0.2, 0) is 9.59 Å². The highest BCUT2D eigenvalue weighted by molar-refractivity contribution is 6.31. The number of aromatic nitrogens is 3. The predicted octanol–water partition coefficient (Wildman–Crippen LogP) is 4.13. The monoisotopic (exact) mass is 479 g/mol. The van der Waals surface area contributed by atoms with Crippen LogP contribution in [0.1, 0.15) is 50.2 Å². The Morgan fingerprint density at radius 3 is 2.94 bits per heavy atom. The molecule has 2 aliphatic rings. The summed E-state index contributed by atoms with van der Waals surface area (Å²) in [4.78, 5) is 38.7. The summed E-state index contributed by atoms with van der Waals surface area (Å²) in [5.74, 6) is 2.14. The van der Waals surface area contributed by atoms with E-state index in [9.17, 15) is 9.59 Å². The van der Waals surface area contributed by atoms with Gasteiger partial charge in [0.05, 0.1) is 17.4 Å². The molecule has 1 saturated heterocycles. The Kier molecular flexibility index (Phi) is 6.00. The molecule has 0 aliphatic carbocycles. The number of fused-ring (bicyclic) bond motifs is 1. The van der Waals surface area contributed by atoms with Crippen molar-refractivity contribution in [1.82, 2.24) is 19.4 Å². The van der Waals surface area contributed by atoms with Crippen molar-refractivity contribution in [2.45, 2.75) is 38.6 Å². The summed E-state index contributed by atoms with van der Waals surface area (Å²) in [6.07, 6.45) is 5.39. The molecule has 2 amide bonds. The molecule has 1 atom stereocenters. The van der Waals surface area contributed by atoms with Crippen molar-refractivity contribution in [3.63, 3.8) is 0 Å². The van der Waals surface area contributed by atoms with Crippen LogP contribution in [0.25, 0.3) is 5.82 Å². The first-order valence-corrected chi connectivity index (χ1v) is 11.8. The molecule has 9 heteroatoms. The van der Waals surface area contributed by atoms with Crippen molar-refractivity contribution >= 4 is 29.1 Å². The third-order valence-corrected chi connectivity index (χ3v) is 6.50. The summed E-state index contributed by atoms with van der Waals surface area (Å²) in [7, 11) is 0. The largest absolute Gasteiger partial charge is 0.482 e. The number of ether oxygens (including phenoxy) is 1. The van der Waals surface area contributed by atoms with E-state index in [2.05, 4.69) is 18.8 Å². The van der Waals surface area contributed by atoms with E-state index in [1.54, 1.807) is 24.4 Å². The van der Waals surface area contributed by atoms with Gasteiger partial charge in [0.15, 0.2) is 6.61 Å². The number of amides is 2. The van der Waals surface area contributed by atoms with Gasteiger partial charge in [-0.05, 0) is 43.2 Å². The number of rotatable bonds is 5. The molecule has 8 nitrogen and oxygen atoms in total. The van der Waals surface area contributed by atoms with E-state index in [4.69, 9.17) is 21.3 Å². The van der Waals surface area contributed by atoms with Gasteiger partial charge in [-0.3, -0.25) is 19.1 Å². The van der Waals surface area contributed by atoms with E-state index in [0.717, 1.165) is 30.2 Å². The number of halogens is 1. The maximum Gasteiger partial charge on any atom is 0.265 e. The number of likely N-dealkylation sites (tertiary alicyclic amines) is 1. The highest BCUT2D eigenvalue weighted by Gasteiger charge is 2.35. The molecular formula is C25H26ClN5O3. The number of carbonyl (C=O) groups excluding carboxylic acids is 2. The second-order valence-corrected chi connectivity index (χ2v) is 9.29. The number of anilines is 1. The number of nitrogens with zero attached hydrogens (tertiary/aromatic N) is 5. The van der Waals surface area contributed by atoms with Crippen molar-refractivity contribution in [3.05, 3.63) is 65.3 Å². The zero-order valence-electron chi connectivity index (χ0n) is 19.1. The molecule has 0 radical (unpaired) electrons. The zero-order chi connectivity index (χ0) is 23.8. The summed E-state index contributed by atoms with van der Waals surface area (Å²) < 4.78 is 7.49. The smallest absolute Gasteiger partial charge is 0.265 e. The van der Waals surface area contributed by atoms with Gasteiger partial charge < -0.3 is 9.64 Å². The van der Waals surface area contributed by atoms with Crippen LogP contribution in [0.5, 0.6) is 5.75 Å².